The predicted molar refractivity (Wildman–Crippen MR) is 131 cm³/mol. The maximum Gasteiger partial charge on any atom is 0.338 e. The van der Waals surface area contributed by atoms with Gasteiger partial charge in [-0.2, -0.15) is 0 Å². The molecule has 1 fully saturated rings. The molecule has 2 aliphatic rings. The molecule has 0 radical (unpaired) electrons. The van der Waals surface area contributed by atoms with Crippen molar-refractivity contribution in [3.63, 3.8) is 0 Å². The van der Waals surface area contributed by atoms with E-state index in [2.05, 4.69) is 15.5 Å². The molecule has 1 atom stereocenters. The van der Waals surface area contributed by atoms with Crippen molar-refractivity contribution < 1.29 is 28.3 Å². The first kappa shape index (κ1) is 25.3. The van der Waals surface area contributed by atoms with Crippen LogP contribution in [0.5, 0.6) is 5.75 Å². The van der Waals surface area contributed by atoms with Crippen molar-refractivity contribution in [3.05, 3.63) is 65.3 Å². The summed E-state index contributed by atoms with van der Waals surface area (Å²) >= 11 is 0. The summed E-state index contributed by atoms with van der Waals surface area (Å²) in [5.41, 5.74) is 1.61. The number of esters is 1. The van der Waals surface area contributed by atoms with Gasteiger partial charge >= 0.3 is 12.0 Å². The number of piperazine rings is 1. The number of nitrogens with zero attached hydrogens (tertiary/aromatic N) is 2. The topological polar surface area (TPSA) is 113 Å². The number of rotatable bonds is 8. The zero-order valence-electron chi connectivity index (χ0n) is 20.8. The first-order chi connectivity index (χ1) is 17.4. The van der Waals surface area contributed by atoms with Crippen molar-refractivity contribution in [2.75, 3.05) is 39.3 Å². The number of hydrogen-bond donors (Lipinski definition) is 2. The molecule has 1 aromatic carbocycles. The summed E-state index contributed by atoms with van der Waals surface area (Å²) < 4.78 is 16.3. The molecule has 3 amide bonds. The number of carbonyl (C=O) groups excluding carboxylic acids is 3. The monoisotopic (exact) mass is 496 g/mol. The Morgan fingerprint density at radius 3 is 2.44 bits per heavy atom. The molecule has 2 N–H and O–H groups in total. The standard InChI is InChI=1S/C26H32N4O6/c1-4-34-25(32)22-20(16-29-11-13-30(14-12-29)24(31)21-6-5-15-35-21)27-26(33)28-23(22)18-7-9-19(10-8-18)36-17(2)3/h5-10,15,17,23H,4,11-14,16H2,1-3H3,(H2,27,28,33)/t23-/m1/s1. The molecular formula is C26H32N4O6. The summed E-state index contributed by atoms with van der Waals surface area (Å²) in [4.78, 5) is 42.0. The van der Waals surface area contributed by atoms with Gasteiger partial charge in [0.1, 0.15) is 5.75 Å². The molecule has 0 saturated carbocycles. The third kappa shape index (κ3) is 5.88. The number of hydrogen-bond acceptors (Lipinski definition) is 7. The minimum absolute atomic E-state index is 0.0332. The van der Waals surface area contributed by atoms with Gasteiger partial charge in [0.2, 0.25) is 0 Å². The SMILES string of the molecule is CCOC(=O)C1=C(CN2CCN(C(=O)c3ccco3)CC2)NC(=O)N[C@@H]1c1ccc(OC(C)C)cc1. The highest BCUT2D eigenvalue weighted by Gasteiger charge is 2.35. The molecule has 3 heterocycles. The molecule has 10 heteroatoms. The maximum absolute atomic E-state index is 13.0. The van der Waals surface area contributed by atoms with Crippen LogP contribution in [-0.2, 0) is 9.53 Å². The first-order valence-corrected chi connectivity index (χ1v) is 12.1. The molecule has 2 aromatic rings. The van der Waals surface area contributed by atoms with Crippen molar-refractivity contribution in [1.29, 1.82) is 0 Å². The lowest BCUT2D eigenvalue weighted by Crippen LogP contribution is -2.52. The minimum Gasteiger partial charge on any atom is -0.491 e. The fraction of sp³-hybridized carbons (Fsp3) is 0.423. The Balaban J connectivity index is 1.53. The van der Waals surface area contributed by atoms with Gasteiger partial charge in [-0.3, -0.25) is 9.69 Å². The smallest absolute Gasteiger partial charge is 0.338 e. The Morgan fingerprint density at radius 2 is 1.83 bits per heavy atom. The van der Waals surface area contributed by atoms with E-state index in [1.807, 2.05) is 38.1 Å². The third-order valence-electron chi connectivity index (χ3n) is 6.01. The predicted octanol–water partition coefficient (Wildman–Crippen LogP) is 2.70. The van der Waals surface area contributed by atoms with E-state index < -0.39 is 18.0 Å². The van der Waals surface area contributed by atoms with E-state index in [0.29, 0.717) is 55.5 Å². The quantitative estimate of drug-likeness (QED) is 0.540. The lowest BCUT2D eigenvalue weighted by Gasteiger charge is -2.36. The zero-order valence-corrected chi connectivity index (χ0v) is 20.8. The number of benzene rings is 1. The molecular weight excluding hydrogens is 464 g/mol. The number of carbonyl (C=O) groups is 3. The van der Waals surface area contributed by atoms with Crippen molar-refractivity contribution in [1.82, 2.24) is 20.4 Å². The lowest BCUT2D eigenvalue weighted by molar-refractivity contribution is -0.139. The second-order valence-corrected chi connectivity index (χ2v) is 8.93. The number of ether oxygens (including phenoxy) is 2. The van der Waals surface area contributed by atoms with Crippen LogP contribution in [0.25, 0.3) is 0 Å². The average Bonchev–Trinajstić information content (AvgIpc) is 3.39. The molecule has 192 valence electrons. The lowest BCUT2D eigenvalue weighted by atomic mass is 9.94. The van der Waals surface area contributed by atoms with Crippen LogP contribution in [0.1, 0.15) is 42.9 Å². The summed E-state index contributed by atoms with van der Waals surface area (Å²) in [5.74, 6) is 0.386. The van der Waals surface area contributed by atoms with E-state index in [1.54, 1.807) is 24.0 Å². The number of amides is 3. The van der Waals surface area contributed by atoms with Crippen LogP contribution in [0.3, 0.4) is 0 Å². The van der Waals surface area contributed by atoms with E-state index in [4.69, 9.17) is 13.9 Å². The normalized spacial score (nSPS) is 18.6. The van der Waals surface area contributed by atoms with Crippen molar-refractivity contribution in [2.45, 2.75) is 32.9 Å². The highest BCUT2D eigenvalue weighted by molar-refractivity contribution is 5.95. The molecule has 1 saturated heterocycles. The molecule has 0 aliphatic carbocycles. The van der Waals surface area contributed by atoms with E-state index in [9.17, 15) is 14.4 Å². The Kier molecular flexibility index (Phi) is 7.94. The molecule has 4 rings (SSSR count). The molecule has 10 nitrogen and oxygen atoms in total. The Morgan fingerprint density at radius 1 is 1.11 bits per heavy atom. The van der Waals surface area contributed by atoms with Crippen LogP contribution in [0.2, 0.25) is 0 Å². The second-order valence-electron chi connectivity index (χ2n) is 8.93. The van der Waals surface area contributed by atoms with E-state index in [-0.39, 0.29) is 18.6 Å². The Bertz CT molecular complexity index is 1100. The highest BCUT2D eigenvalue weighted by Crippen LogP contribution is 2.30. The summed E-state index contributed by atoms with van der Waals surface area (Å²) in [6, 6.07) is 9.60. The average molecular weight is 497 g/mol. The van der Waals surface area contributed by atoms with Crippen LogP contribution in [0.15, 0.2) is 58.3 Å². The summed E-state index contributed by atoms with van der Waals surface area (Å²) in [7, 11) is 0. The van der Waals surface area contributed by atoms with Crippen molar-refractivity contribution in [3.8, 4) is 5.75 Å². The molecule has 0 bridgehead atoms. The van der Waals surface area contributed by atoms with Crippen LogP contribution in [0, 0.1) is 0 Å². The van der Waals surface area contributed by atoms with Gasteiger partial charge in [-0.25, -0.2) is 9.59 Å². The third-order valence-corrected chi connectivity index (χ3v) is 6.01. The van der Waals surface area contributed by atoms with Crippen LogP contribution in [-0.4, -0.2) is 73.1 Å². The maximum atomic E-state index is 13.0. The minimum atomic E-state index is -0.664. The van der Waals surface area contributed by atoms with Crippen molar-refractivity contribution in [2.24, 2.45) is 0 Å². The largest absolute Gasteiger partial charge is 0.491 e. The Hall–Kier alpha value is -3.79. The van der Waals surface area contributed by atoms with Crippen LogP contribution >= 0.6 is 0 Å². The first-order valence-electron chi connectivity index (χ1n) is 12.1. The summed E-state index contributed by atoms with van der Waals surface area (Å²) in [6.45, 7) is 8.38. The molecule has 1 aromatic heterocycles. The number of nitrogens with one attached hydrogen (secondary N) is 2. The fourth-order valence-electron chi connectivity index (χ4n) is 4.34. The van der Waals surface area contributed by atoms with Gasteiger partial charge in [-0.15, -0.1) is 0 Å². The summed E-state index contributed by atoms with van der Waals surface area (Å²) in [6.07, 6.45) is 1.51. The van der Waals surface area contributed by atoms with E-state index in [0.717, 1.165) is 5.56 Å². The molecule has 2 aliphatic heterocycles. The fourth-order valence-corrected chi connectivity index (χ4v) is 4.34. The molecule has 0 spiro atoms. The van der Waals surface area contributed by atoms with Gasteiger partial charge in [-0.1, -0.05) is 12.1 Å². The Labute approximate surface area is 210 Å². The second kappa shape index (κ2) is 11.3. The number of urea groups is 1. The van der Waals surface area contributed by atoms with Gasteiger partial charge in [0, 0.05) is 38.4 Å². The molecule has 36 heavy (non-hydrogen) atoms. The zero-order chi connectivity index (χ0) is 25.7. The van der Waals surface area contributed by atoms with Gasteiger partial charge < -0.3 is 29.4 Å². The molecule has 0 unspecified atom stereocenters. The number of furan rings is 1. The van der Waals surface area contributed by atoms with Crippen molar-refractivity contribution >= 4 is 17.9 Å². The van der Waals surface area contributed by atoms with Crippen LogP contribution < -0.4 is 15.4 Å². The summed E-state index contributed by atoms with van der Waals surface area (Å²) in [5, 5.41) is 5.67. The van der Waals surface area contributed by atoms with Gasteiger partial charge in [0.25, 0.3) is 5.91 Å². The van der Waals surface area contributed by atoms with Gasteiger partial charge in [-0.05, 0) is 50.6 Å². The van der Waals surface area contributed by atoms with E-state index >= 15 is 0 Å². The van der Waals surface area contributed by atoms with E-state index in [1.165, 1.54) is 6.26 Å². The van der Waals surface area contributed by atoms with Crippen LogP contribution in [0.4, 0.5) is 4.79 Å². The van der Waals surface area contributed by atoms with Gasteiger partial charge in [0.15, 0.2) is 5.76 Å². The van der Waals surface area contributed by atoms with Gasteiger partial charge in [0.05, 0.1) is 30.6 Å². The highest BCUT2D eigenvalue weighted by atomic mass is 16.5.